The predicted octanol–water partition coefficient (Wildman–Crippen LogP) is 1.36. The number of nitrogens with zero attached hydrogens (tertiary/aromatic N) is 1. The molecular weight excluding hydrogens is 375 g/mol. The van der Waals surface area contributed by atoms with Crippen LogP contribution < -0.4 is 5.32 Å². The molecule has 2 N–H and O–H groups in total. The molecule has 0 saturated heterocycles. The van der Waals surface area contributed by atoms with E-state index in [1.807, 2.05) is 51.2 Å². The highest BCUT2D eigenvalue weighted by Crippen LogP contribution is 2.22. The summed E-state index contributed by atoms with van der Waals surface area (Å²) in [5.41, 5.74) is -0.153. The first-order valence-corrected chi connectivity index (χ1v) is 11.6. The zero-order valence-electron chi connectivity index (χ0n) is 20.8. The van der Waals surface area contributed by atoms with E-state index in [2.05, 4.69) is 12.2 Å². The van der Waals surface area contributed by atoms with Crippen LogP contribution in [0.3, 0.4) is 0 Å². The van der Waals surface area contributed by atoms with Crippen molar-refractivity contribution in [2.75, 3.05) is 6.54 Å². The van der Waals surface area contributed by atoms with Gasteiger partial charge in [0.05, 0.1) is 0 Å². The summed E-state index contributed by atoms with van der Waals surface area (Å²) in [6.45, 7) is 10.1. The van der Waals surface area contributed by atoms with Gasteiger partial charge in [0.25, 0.3) is 0 Å². The normalized spacial score (nSPS) is 12.8. The van der Waals surface area contributed by atoms with Crippen molar-refractivity contribution in [3.8, 4) is 0 Å². The summed E-state index contributed by atoms with van der Waals surface area (Å²) in [4.78, 5) is 26.3. The fourth-order valence-corrected chi connectivity index (χ4v) is 2.87. The molecule has 1 atom stereocenters. The molecule has 170 valence electrons. The number of unbranched alkanes of at least 4 members (excludes halogenated alkanes) is 7. The molecule has 0 aliphatic carbocycles. The largest absolute Gasteiger partial charge is 0.461 e. The number of carbonyl (C=O) groups is 2. The maximum absolute atomic E-state index is 12.4. The Kier molecular flexibility index (Phi) is 13.2. The van der Waals surface area contributed by atoms with Gasteiger partial charge in [0, 0.05) is 6.42 Å². The van der Waals surface area contributed by atoms with Crippen molar-refractivity contribution in [3.63, 3.8) is 0 Å². The van der Waals surface area contributed by atoms with E-state index in [-0.39, 0.29) is 29.9 Å². The van der Waals surface area contributed by atoms with Crippen LogP contribution in [-0.4, -0.2) is 64.2 Å². The first kappa shape index (κ1) is 28.6. The van der Waals surface area contributed by atoms with E-state index < -0.39 is 11.2 Å². The lowest BCUT2D eigenvalue weighted by molar-refractivity contribution is -0.153. The Morgan fingerprint density at radius 1 is 1.00 bits per heavy atom. The topological polar surface area (TPSA) is 82.5 Å². The van der Waals surface area contributed by atoms with Crippen LogP contribution in [0, 0.1) is 10.8 Å². The van der Waals surface area contributed by atoms with Gasteiger partial charge in [-0.2, -0.15) is 0 Å². The van der Waals surface area contributed by atoms with Crippen LogP contribution in [0.5, 0.6) is 0 Å². The minimum atomic E-state index is -0.493. The Morgan fingerprint density at radius 2 is 1.50 bits per heavy atom. The summed E-state index contributed by atoms with van der Waals surface area (Å²) in [7, 11) is 5.73. The number of guanidine groups is 1. The fraction of sp³-hybridized carbons (Fsp3) is 0.857. The zero-order chi connectivity index (χ0) is 23.4. The molecule has 30 heavy (non-hydrogen) atoms. The highest BCUT2D eigenvalue weighted by molar-refractivity contribution is 6.59. The molecule has 0 radical (unpaired) electrons. The van der Waals surface area contributed by atoms with Crippen LogP contribution in [0.4, 0.5) is 0 Å². The highest BCUT2D eigenvalue weighted by Gasteiger charge is 2.30. The van der Waals surface area contributed by atoms with Crippen LogP contribution in [0.1, 0.15) is 92.4 Å². The van der Waals surface area contributed by atoms with Gasteiger partial charge in [-0.1, -0.05) is 72.6 Å². The van der Waals surface area contributed by atoms with Crippen LogP contribution in [0.2, 0.25) is 0 Å². The first-order valence-electron chi connectivity index (χ1n) is 11.6. The highest BCUT2D eigenvalue weighted by atomic mass is 16.5. The Bertz CT molecular complexity index is 546. The summed E-state index contributed by atoms with van der Waals surface area (Å²) in [6, 6.07) is 0. The quantitative estimate of drug-likeness (QED) is 0.155. The molecule has 1 unspecified atom stereocenters. The van der Waals surface area contributed by atoms with Crippen LogP contribution >= 0.6 is 0 Å². The maximum atomic E-state index is 12.4. The van der Waals surface area contributed by atoms with Gasteiger partial charge in [0.1, 0.15) is 36.2 Å². The molecular formula is C21H44B3N3O3. The molecule has 0 rings (SSSR count). The molecule has 0 saturated carbocycles. The Labute approximate surface area is 187 Å². The van der Waals surface area contributed by atoms with E-state index >= 15 is 0 Å². The van der Waals surface area contributed by atoms with Gasteiger partial charge in [-0.15, -0.1) is 0 Å². The Morgan fingerprint density at radius 3 is 1.97 bits per heavy atom. The van der Waals surface area contributed by atoms with E-state index in [0.717, 1.165) is 19.3 Å². The van der Waals surface area contributed by atoms with Crippen LogP contribution in [0.15, 0.2) is 0 Å². The smallest absolute Gasteiger partial charge is 0.325 e. The number of nitrogens with one attached hydrogen (secondary N) is 2. The number of esters is 1. The molecule has 6 nitrogen and oxygen atoms in total. The second kappa shape index (κ2) is 13.8. The molecule has 0 fully saturated rings. The van der Waals surface area contributed by atoms with Gasteiger partial charge in [-0.3, -0.25) is 20.3 Å². The molecule has 0 aromatic rings. The second-order valence-electron chi connectivity index (χ2n) is 10.4. The molecule has 9 heteroatoms. The SMILES string of the molecule is BC(B)(B)N(CC(=O)OC(C)C(C)(C)C)C(=N)NC(=O)CCCCCCCCCC. The zero-order valence-corrected chi connectivity index (χ0v) is 20.8. The Balaban J connectivity index is 4.47. The third kappa shape index (κ3) is 13.0. The molecule has 0 bridgehead atoms. The summed E-state index contributed by atoms with van der Waals surface area (Å²) < 4.78 is 5.53. The van der Waals surface area contributed by atoms with E-state index in [4.69, 9.17) is 10.1 Å². The molecule has 0 aromatic carbocycles. The van der Waals surface area contributed by atoms with Gasteiger partial charge >= 0.3 is 5.97 Å². The van der Waals surface area contributed by atoms with Crippen molar-refractivity contribution in [2.45, 2.75) is 104 Å². The average Bonchev–Trinajstić information content (AvgIpc) is 2.60. The van der Waals surface area contributed by atoms with Gasteiger partial charge in [-0.05, 0) is 24.0 Å². The van der Waals surface area contributed by atoms with Crippen LogP contribution in [-0.2, 0) is 14.3 Å². The molecule has 0 aliphatic heterocycles. The lowest BCUT2D eigenvalue weighted by atomic mass is 9.48. The van der Waals surface area contributed by atoms with E-state index in [0.29, 0.717) is 6.42 Å². The molecule has 0 aliphatic rings. The number of rotatable bonds is 13. The molecule has 0 heterocycles. The summed E-state index contributed by atoms with van der Waals surface area (Å²) in [5.74, 6) is -0.612. The van der Waals surface area contributed by atoms with Crippen molar-refractivity contribution < 1.29 is 14.3 Å². The monoisotopic (exact) mass is 419 g/mol. The first-order chi connectivity index (χ1) is 13.8. The molecule has 0 aromatic heterocycles. The van der Waals surface area contributed by atoms with Crippen molar-refractivity contribution >= 4 is 41.4 Å². The standard InChI is InChI=1S/C21H44B3N3O3/c1-6-7-8-9-10-11-12-13-14-17(28)26-19(25)27(21(22,23)24)15-18(29)30-16(2)20(3,4)5/h16H,6-15,22-24H2,1-5H3,(H2,25,26,28). The number of hydrogen-bond donors (Lipinski definition) is 2. The van der Waals surface area contributed by atoms with Gasteiger partial charge in [-0.25, -0.2) is 0 Å². The second-order valence-corrected chi connectivity index (χ2v) is 10.4. The van der Waals surface area contributed by atoms with E-state index in [9.17, 15) is 9.59 Å². The summed E-state index contributed by atoms with van der Waals surface area (Å²) in [5, 5.41) is 10.5. The van der Waals surface area contributed by atoms with Crippen LogP contribution in [0.25, 0.3) is 0 Å². The minimum absolute atomic E-state index is 0.0487. The fourth-order valence-electron chi connectivity index (χ4n) is 2.87. The van der Waals surface area contributed by atoms with Gasteiger partial charge < -0.3 is 9.64 Å². The van der Waals surface area contributed by atoms with E-state index in [1.165, 1.54) is 32.1 Å². The predicted molar refractivity (Wildman–Crippen MR) is 133 cm³/mol. The Hall–Kier alpha value is -1.40. The van der Waals surface area contributed by atoms with Gasteiger partial charge in [0.2, 0.25) is 5.91 Å². The number of ether oxygens (including phenoxy) is 1. The summed E-state index contributed by atoms with van der Waals surface area (Å²) in [6.07, 6.45) is 9.54. The minimum Gasteiger partial charge on any atom is -0.461 e. The van der Waals surface area contributed by atoms with Crippen molar-refractivity contribution in [3.05, 3.63) is 0 Å². The molecule has 0 spiro atoms. The molecule has 1 amide bonds. The summed E-state index contributed by atoms with van der Waals surface area (Å²) >= 11 is 0. The van der Waals surface area contributed by atoms with Crippen molar-refractivity contribution in [1.82, 2.24) is 10.2 Å². The maximum Gasteiger partial charge on any atom is 0.325 e. The third-order valence-corrected chi connectivity index (χ3v) is 5.41. The van der Waals surface area contributed by atoms with Crippen molar-refractivity contribution in [1.29, 1.82) is 5.41 Å². The lowest BCUT2D eigenvalue weighted by Gasteiger charge is -2.38. The number of hydrogen-bond acceptors (Lipinski definition) is 4. The number of amides is 1. The van der Waals surface area contributed by atoms with Crippen molar-refractivity contribution in [2.24, 2.45) is 5.41 Å². The number of carbonyl (C=O) groups excluding carboxylic acids is 2. The lowest BCUT2D eigenvalue weighted by Crippen LogP contribution is -2.59. The third-order valence-electron chi connectivity index (χ3n) is 5.41. The van der Waals surface area contributed by atoms with Gasteiger partial charge in [0.15, 0.2) is 5.96 Å². The van der Waals surface area contributed by atoms with E-state index in [1.54, 1.807) is 4.90 Å². The average molecular weight is 419 g/mol.